The normalized spacial score (nSPS) is 23.1. The van der Waals surface area contributed by atoms with E-state index in [0.717, 1.165) is 64.2 Å². The number of para-hydroxylation sites is 1. The molecule has 3 saturated heterocycles. The number of hydrogen-bond donors (Lipinski definition) is 0. The maximum absolute atomic E-state index is 13.3. The van der Waals surface area contributed by atoms with Gasteiger partial charge in [0.05, 0.1) is 5.41 Å². The lowest BCUT2D eigenvalue weighted by Gasteiger charge is -2.38. The number of carbonyl (C=O) groups excluding carboxylic acids is 1. The van der Waals surface area contributed by atoms with E-state index in [9.17, 15) is 4.79 Å². The average molecular weight is 462 g/mol. The summed E-state index contributed by atoms with van der Waals surface area (Å²) in [5.74, 6) is 1.38. The molecule has 1 spiro atoms. The SMILES string of the molecule is CN1C(=O)C2(CCN(Cc3ccccc3OCCN3CCCC3)CC2)C[C@@H]1Cc1ccccc1. The van der Waals surface area contributed by atoms with Crippen molar-refractivity contribution >= 4 is 5.91 Å². The molecule has 3 aliphatic rings. The third kappa shape index (κ3) is 5.16. The lowest BCUT2D eigenvalue weighted by molar-refractivity contribution is -0.137. The van der Waals surface area contributed by atoms with Crippen molar-refractivity contribution < 1.29 is 9.53 Å². The van der Waals surface area contributed by atoms with Crippen LogP contribution in [-0.4, -0.2) is 73.0 Å². The fourth-order valence-corrected chi connectivity index (χ4v) is 6.17. The Bertz CT molecular complexity index is 949. The molecule has 5 nitrogen and oxygen atoms in total. The van der Waals surface area contributed by atoms with Gasteiger partial charge < -0.3 is 9.64 Å². The van der Waals surface area contributed by atoms with Crippen molar-refractivity contribution in [2.75, 3.05) is 46.4 Å². The van der Waals surface area contributed by atoms with Crippen LogP contribution in [0.15, 0.2) is 54.6 Å². The van der Waals surface area contributed by atoms with E-state index in [2.05, 4.69) is 64.4 Å². The van der Waals surface area contributed by atoms with Crippen molar-refractivity contribution in [2.45, 2.75) is 51.1 Å². The summed E-state index contributed by atoms with van der Waals surface area (Å²) >= 11 is 0. The number of likely N-dealkylation sites (tertiary alicyclic amines) is 3. The van der Waals surface area contributed by atoms with E-state index in [1.165, 1.54) is 37.1 Å². The minimum absolute atomic E-state index is 0.170. The molecule has 182 valence electrons. The zero-order valence-electron chi connectivity index (χ0n) is 20.6. The monoisotopic (exact) mass is 461 g/mol. The third-order valence-electron chi connectivity index (χ3n) is 8.31. The van der Waals surface area contributed by atoms with Gasteiger partial charge in [-0.3, -0.25) is 14.6 Å². The maximum Gasteiger partial charge on any atom is 0.228 e. The Hall–Kier alpha value is -2.37. The van der Waals surface area contributed by atoms with E-state index >= 15 is 0 Å². The zero-order valence-corrected chi connectivity index (χ0v) is 20.6. The van der Waals surface area contributed by atoms with Crippen LogP contribution < -0.4 is 4.74 Å². The molecular formula is C29H39N3O2. The second-order valence-corrected chi connectivity index (χ2v) is 10.5. The van der Waals surface area contributed by atoms with E-state index in [1.54, 1.807) is 0 Å². The van der Waals surface area contributed by atoms with Crippen LogP contribution in [0.3, 0.4) is 0 Å². The Labute approximate surface area is 204 Å². The topological polar surface area (TPSA) is 36.0 Å². The lowest BCUT2D eigenvalue weighted by atomic mass is 9.75. The van der Waals surface area contributed by atoms with Gasteiger partial charge in [-0.15, -0.1) is 0 Å². The van der Waals surface area contributed by atoms with Crippen LogP contribution in [0.25, 0.3) is 0 Å². The van der Waals surface area contributed by atoms with Crippen molar-refractivity contribution in [3.63, 3.8) is 0 Å². The molecule has 0 radical (unpaired) electrons. The molecule has 0 aliphatic carbocycles. The summed E-state index contributed by atoms with van der Waals surface area (Å²) in [5, 5.41) is 0. The molecule has 34 heavy (non-hydrogen) atoms. The van der Waals surface area contributed by atoms with Crippen LogP contribution >= 0.6 is 0 Å². The molecule has 5 heteroatoms. The molecule has 1 amide bonds. The first-order valence-corrected chi connectivity index (χ1v) is 13.1. The van der Waals surface area contributed by atoms with Crippen molar-refractivity contribution in [1.82, 2.24) is 14.7 Å². The summed E-state index contributed by atoms with van der Waals surface area (Å²) in [6.07, 6.45) is 6.49. The highest BCUT2D eigenvalue weighted by molar-refractivity contribution is 5.85. The number of ether oxygens (including phenoxy) is 1. The van der Waals surface area contributed by atoms with Crippen molar-refractivity contribution in [3.05, 3.63) is 65.7 Å². The van der Waals surface area contributed by atoms with Gasteiger partial charge in [0.25, 0.3) is 0 Å². The lowest BCUT2D eigenvalue weighted by Crippen LogP contribution is -2.43. The quantitative estimate of drug-likeness (QED) is 0.590. The van der Waals surface area contributed by atoms with E-state index in [1.807, 2.05) is 11.9 Å². The van der Waals surface area contributed by atoms with E-state index in [4.69, 9.17) is 4.74 Å². The van der Waals surface area contributed by atoms with Gasteiger partial charge in [-0.25, -0.2) is 0 Å². The minimum atomic E-state index is -0.170. The first-order chi connectivity index (χ1) is 16.6. The van der Waals surface area contributed by atoms with Gasteiger partial charge in [-0.1, -0.05) is 48.5 Å². The molecule has 0 aromatic heterocycles. The van der Waals surface area contributed by atoms with Crippen molar-refractivity contribution in [1.29, 1.82) is 0 Å². The second-order valence-electron chi connectivity index (χ2n) is 10.5. The fourth-order valence-electron chi connectivity index (χ4n) is 6.17. The molecule has 0 bridgehead atoms. The Balaban J connectivity index is 1.15. The molecular weight excluding hydrogens is 422 g/mol. The number of benzene rings is 2. The molecule has 1 atom stereocenters. The van der Waals surface area contributed by atoms with Gasteiger partial charge in [0.2, 0.25) is 5.91 Å². The Kier molecular flexibility index (Phi) is 7.21. The minimum Gasteiger partial charge on any atom is -0.492 e. The fraction of sp³-hybridized carbons (Fsp3) is 0.552. The predicted octanol–water partition coefficient (Wildman–Crippen LogP) is 4.22. The standard InChI is InChI=1S/C29H39N3O2/c1-30-26(21-24-9-3-2-4-10-24)22-29(28(30)33)13-17-32(18-14-29)23-25-11-5-6-12-27(25)34-20-19-31-15-7-8-16-31/h2-6,9-12,26H,7-8,13-23H2,1H3/t26-/m0/s1. The highest BCUT2D eigenvalue weighted by Gasteiger charge is 2.51. The van der Waals surface area contributed by atoms with Gasteiger partial charge >= 0.3 is 0 Å². The summed E-state index contributed by atoms with van der Waals surface area (Å²) in [5.41, 5.74) is 2.41. The molecule has 0 N–H and O–H groups in total. The average Bonchev–Trinajstić information content (AvgIpc) is 3.46. The first-order valence-electron chi connectivity index (χ1n) is 13.1. The number of piperidine rings is 1. The van der Waals surface area contributed by atoms with Crippen LogP contribution in [0.4, 0.5) is 0 Å². The van der Waals surface area contributed by atoms with Gasteiger partial charge in [0, 0.05) is 31.7 Å². The third-order valence-corrected chi connectivity index (χ3v) is 8.31. The van der Waals surface area contributed by atoms with E-state index in [0.29, 0.717) is 11.9 Å². The van der Waals surface area contributed by atoms with Crippen LogP contribution in [0.1, 0.15) is 43.2 Å². The molecule has 5 rings (SSSR count). The Morgan fingerprint density at radius 3 is 2.38 bits per heavy atom. The number of amides is 1. The maximum atomic E-state index is 13.3. The summed E-state index contributed by atoms with van der Waals surface area (Å²) in [4.78, 5) is 20.3. The Morgan fingerprint density at radius 2 is 1.62 bits per heavy atom. The van der Waals surface area contributed by atoms with E-state index in [-0.39, 0.29) is 5.41 Å². The number of nitrogens with zero attached hydrogens (tertiary/aromatic N) is 3. The van der Waals surface area contributed by atoms with Gasteiger partial charge in [0.15, 0.2) is 0 Å². The van der Waals surface area contributed by atoms with E-state index < -0.39 is 0 Å². The van der Waals surface area contributed by atoms with Crippen molar-refractivity contribution in [2.24, 2.45) is 5.41 Å². The predicted molar refractivity (Wildman–Crippen MR) is 136 cm³/mol. The summed E-state index contributed by atoms with van der Waals surface area (Å²) in [6, 6.07) is 19.4. The molecule has 2 aromatic rings. The molecule has 3 heterocycles. The number of rotatable bonds is 8. The summed E-state index contributed by atoms with van der Waals surface area (Å²) in [7, 11) is 2.01. The number of hydrogen-bond acceptors (Lipinski definition) is 4. The summed E-state index contributed by atoms with van der Waals surface area (Å²) in [6.45, 7) is 7.03. The highest BCUT2D eigenvalue weighted by Crippen LogP contribution is 2.45. The number of likely N-dealkylation sites (N-methyl/N-ethyl adjacent to an activating group) is 1. The highest BCUT2D eigenvalue weighted by atomic mass is 16.5. The smallest absolute Gasteiger partial charge is 0.228 e. The van der Waals surface area contributed by atoms with Crippen LogP contribution in [-0.2, 0) is 17.8 Å². The van der Waals surface area contributed by atoms with Crippen LogP contribution in [0.2, 0.25) is 0 Å². The molecule has 0 unspecified atom stereocenters. The summed E-state index contributed by atoms with van der Waals surface area (Å²) < 4.78 is 6.21. The largest absolute Gasteiger partial charge is 0.492 e. The first kappa shape index (κ1) is 23.4. The number of carbonyl (C=O) groups is 1. The Morgan fingerprint density at radius 1 is 0.912 bits per heavy atom. The second kappa shape index (κ2) is 10.5. The van der Waals surface area contributed by atoms with Gasteiger partial charge in [0.1, 0.15) is 12.4 Å². The van der Waals surface area contributed by atoms with Crippen LogP contribution in [0.5, 0.6) is 5.75 Å². The van der Waals surface area contributed by atoms with Crippen LogP contribution in [0, 0.1) is 5.41 Å². The van der Waals surface area contributed by atoms with Crippen molar-refractivity contribution in [3.8, 4) is 5.75 Å². The molecule has 3 aliphatic heterocycles. The van der Waals surface area contributed by atoms with Gasteiger partial charge in [-0.2, -0.15) is 0 Å². The zero-order chi connectivity index (χ0) is 23.4. The van der Waals surface area contributed by atoms with Gasteiger partial charge in [-0.05, 0) is 76.3 Å². The molecule has 2 aromatic carbocycles. The molecule has 0 saturated carbocycles. The molecule has 3 fully saturated rings.